The minimum Gasteiger partial charge on any atom is -0.134 e. The van der Waals surface area contributed by atoms with Crippen molar-refractivity contribution in [1.82, 2.24) is 0 Å². The fourth-order valence-electron chi connectivity index (χ4n) is 7.41. The van der Waals surface area contributed by atoms with Gasteiger partial charge in [0, 0.05) is 45.7 Å². The van der Waals surface area contributed by atoms with Crippen LogP contribution in [0, 0.1) is 0 Å². The third kappa shape index (κ3) is 3.33. The van der Waals surface area contributed by atoms with Crippen LogP contribution in [0.25, 0.3) is 94.9 Å². The molecule has 8 aromatic carbocycles. The predicted octanol–water partition coefficient (Wildman–Crippen LogP) is 13.2. The number of fused-ring (bicyclic) bond motifs is 12. The first-order valence-corrected chi connectivity index (χ1v) is 16.7. The first-order valence-electron chi connectivity index (χ1n) is 15.0. The summed E-state index contributed by atoms with van der Waals surface area (Å²) in [7, 11) is 0. The van der Waals surface area contributed by atoms with Gasteiger partial charge in [-0.05, 0) is 61.3 Å². The van der Waals surface area contributed by atoms with E-state index in [0.717, 1.165) is 0 Å². The molecule has 0 spiro atoms. The summed E-state index contributed by atoms with van der Waals surface area (Å²) in [5.74, 6) is 0. The summed E-state index contributed by atoms with van der Waals surface area (Å²) in [6.07, 6.45) is 0. The van der Waals surface area contributed by atoms with Gasteiger partial charge in [0.25, 0.3) is 0 Å². The first-order chi connectivity index (χ1) is 21.8. The highest BCUT2D eigenvalue weighted by molar-refractivity contribution is 7.30. The molecule has 0 nitrogen and oxygen atoms in total. The van der Waals surface area contributed by atoms with E-state index in [-0.39, 0.29) is 0 Å². The van der Waals surface area contributed by atoms with Gasteiger partial charge < -0.3 is 0 Å². The summed E-state index contributed by atoms with van der Waals surface area (Å²) in [4.78, 5) is 0. The number of thiophene rings is 2. The van der Waals surface area contributed by atoms with Gasteiger partial charge >= 0.3 is 0 Å². The normalized spacial score (nSPS) is 12.1. The lowest BCUT2D eigenvalue weighted by molar-refractivity contribution is 1.66. The molecule has 0 aliphatic carbocycles. The molecule has 204 valence electrons. The maximum atomic E-state index is 2.45. The van der Waals surface area contributed by atoms with Crippen LogP contribution in [0.2, 0.25) is 0 Å². The summed E-state index contributed by atoms with van der Waals surface area (Å²) in [6, 6.07) is 53.8. The molecule has 0 radical (unpaired) electrons. The Balaban J connectivity index is 1.32. The van der Waals surface area contributed by atoms with Crippen molar-refractivity contribution in [2.45, 2.75) is 0 Å². The van der Waals surface area contributed by atoms with Crippen molar-refractivity contribution in [3.05, 3.63) is 146 Å². The van der Waals surface area contributed by atoms with Gasteiger partial charge in [-0.1, -0.05) is 133 Å². The molecular formula is C42H24S2. The molecule has 2 heteroatoms. The quantitative estimate of drug-likeness (QED) is 0.175. The van der Waals surface area contributed by atoms with E-state index in [1.54, 1.807) is 0 Å². The summed E-state index contributed by atoms with van der Waals surface area (Å²) >= 11 is 3.88. The molecule has 0 aliphatic rings. The first kappa shape index (κ1) is 24.4. The van der Waals surface area contributed by atoms with Crippen molar-refractivity contribution < 1.29 is 0 Å². The fourth-order valence-corrected chi connectivity index (χ4v) is 10.0. The number of hydrogen-bond acceptors (Lipinski definition) is 2. The molecule has 0 unspecified atom stereocenters. The van der Waals surface area contributed by atoms with Crippen LogP contribution < -0.4 is 0 Å². The molecular weight excluding hydrogens is 569 g/mol. The van der Waals surface area contributed by atoms with E-state index in [0.29, 0.717) is 0 Å². The van der Waals surface area contributed by atoms with Crippen molar-refractivity contribution >= 4 is 95.3 Å². The van der Waals surface area contributed by atoms with Gasteiger partial charge in [0.05, 0.1) is 0 Å². The molecule has 0 N–H and O–H groups in total. The SMILES string of the molecule is c1ccc(-c2c3ccccc3c(-c3ccc4c(c3)sc3c5ccccc5c5c6ccccc6sc5c43)c3ccccc23)cc1. The topological polar surface area (TPSA) is 0 Å². The van der Waals surface area contributed by atoms with Gasteiger partial charge in [-0.2, -0.15) is 0 Å². The second-order valence-electron chi connectivity index (χ2n) is 11.6. The molecule has 0 saturated carbocycles. The lowest BCUT2D eigenvalue weighted by Gasteiger charge is -2.17. The van der Waals surface area contributed by atoms with E-state index in [2.05, 4.69) is 146 Å². The van der Waals surface area contributed by atoms with E-state index in [1.165, 1.54) is 94.9 Å². The minimum atomic E-state index is 1.26. The van der Waals surface area contributed by atoms with Crippen LogP contribution in [0.3, 0.4) is 0 Å². The molecule has 44 heavy (non-hydrogen) atoms. The Labute approximate surface area is 262 Å². The van der Waals surface area contributed by atoms with Crippen LogP contribution in [-0.2, 0) is 0 Å². The minimum absolute atomic E-state index is 1.26. The lowest BCUT2D eigenvalue weighted by atomic mass is 9.86. The Morgan fingerprint density at radius 2 is 0.795 bits per heavy atom. The van der Waals surface area contributed by atoms with Gasteiger partial charge in [0.2, 0.25) is 0 Å². The zero-order valence-electron chi connectivity index (χ0n) is 23.7. The molecule has 0 amide bonds. The second kappa shape index (κ2) is 9.24. The molecule has 2 heterocycles. The molecule has 0 atom stereocenters. The van der Waals surface area contributed by atoms with Gasteiger partial charge in [0.1, 0.15) is 0 Å². The van der Waals surface area contributed by atoms with Crippen LogP contribution >= 0.6 is 22.7 Å². The van der Waals surface area contributed by atoms with Crippen LogP contribution in [0.1, 0.15) is 0 Å². The largest absolute Gasteiger partial charge is 0.134 e. The van der Waals surface area contributed by atoms with E-state index in [1.807, 2.05) is 22.7 Å². The van der Waals surface area contributed by atoms with E-state index < -0.39 is 0 Å². The Hall–Kier alpha value is -5.02. The Morgan fingerprint density at radius 3 is 1.48 bits per heavy atom. The molecule has 0 fully saturated rings. The fraction of sp³-hybridized carbons (Fsp3) is 0. The van der Waals surface area contributed by atoms with E-state index in [9.17, 15) is 0 Å². The van der Waals surface area contributed by atoms with Crippen LogP contribution in [0.15, 0.2) is 146 Å². The van der Waals surface area contributed by atoms with Crippen LogP contribution in [0.5, 0.6) is 0 Å². The standard InChI is InChI=1S/C42H24S2/c1-2-12-25(13-3-1)37-27-14-4-6-16-29(27)38(30-17-7-5-15-28(30)37)26-22-23-34-36(24-26)44-41-32-19-9-8-18-31(32)39-33-20-10-11-21-35(33)43-42(39)40(34)41/h1-24H. The Bertz CT molecular complexity index is 2700. The average molecular weight is 593 g/mol. The molecule has 0 bridgehead atoms. The van der Waals surface area contributed by atoms with Gasteiger partial charge in [0.15, 0.2) is 0 Å². The highest BCUT2D eigenvalue weighted by Crippen LogP contribution is 2.50. The smallest absolute Gasteiger partial charge is 0.0455 e. The van der Waals surface area contributed by atoms with Crippen molar-refractivity contribution in [2.75, 3.05) is 0 Å². The van der Waals surface area contributed by atoms with Gasteiger partial charge in [-0.25, -0.2) is 0 Å². The number of rotatable bonds is 2. The second-order valence-corrected chi connectivity index (χ2v) is 13.7. The third-order valence-corrected chi connectivity index (χ3v) is 11.6. The highest BCUT2D eigenvalue weighted by atomic mass is 32.1. The van der Waals surface area contributed by atoms with Gasteiger partial charge in [-0.3, -0.25) is 0 Å². The maximum Gasteiger partial charge on any atom is 0.0455 e. The van der Waals surface area contributed by atoms with Crippen LogP contribution in [0.4, 0.5) is 0 Å². The van der Waals surface area contributed by atoms with Gasteiger partial charge in [-0.15, -0.1) is 22.7 Å². The predicted molar refractivity (Wildman–Crippen MR) is 196 cm³/mol. The molecule has 10 aromatic rings. The Kier molecular flexibility index (Phi) is 5.13. The van der Waals surface area contributed by atoms with Crippen molar-refractivity contribution in [2.24, 2.45) is 0 Å². The Morgan fingerprint density at radius 1 is 0.295 bits per heavy atom. The molecule has 10 rings (SSSR count). The maximum absolute atomic E-state index is 2.45. The van der Waals surface area contributed by atoms with E-state index >= 15 is 0 Å². The summed E-state index contributed by atoms with van der Waals surface area (Å²) in [6.45, 7) is 0. The van der Waals surface area contributed by atoms with E-state index in [4.69, 9.17) is 0 Å². The molecule has 0 aliphatic heterocycles. The zero-order chi connectivity index (χ0) is 28.8. The zero-order valence-corrected chi connectivity index (χ0v) is 25.3. The lowest BCUT2D eigenvalue weighted by Crippen LogP contribution is -1.90. The number of hydrogen-bond donors (Lipinski definition) is 0. The van der Waals surface area contributed by atoms with Crippen molar-refractivity contribution in [3.63, 3.8) is 0 Å². The van der Waals surface area contributed by atoms with Crippen LogP contribution in [-0.4, -0.2) is 0 Å². The number of benzene rings is 8. The highest BCUT2D eigenvalue weighted by Gasteiger charge is 2.20. The monoisotopic (exact) mass is 592 g/mol. The summed E-state index contributed by atoms with van der Waals surface area (Å²) in [5.41, 5.74) is 5.15. The average Bonchev–Trinajstić information content (AvgIpc) is 3.66. The molecule has 0 saturated heterocycles. The summed E-state index contributed by atoms with van der Waals surface area (Å²) in [5, 5.41) is 13.4. The third-order valence-electron chi connectivity index (χ3n) is 9.24. The van der Waals surface area contributed by atoms with Crippen molar-refractivity contribution in [1.29, 1.82) is 0 Å². The van der Waals surface area contributed by atoms with Crippen molar-refractivity contribution in [3.8, 4) is 22.3 Å². The summed E-state index contributed by atoms with van der Waals surface area (Å²) < 4.78 is 5.49. The molecule has 2 aromatic heterocycles.